The van der Waals surface area contributed by atoms with Gasteiger partial charge in [0.25, 0.3) is 11.8 Å². The Morgan fingerprint density at radius 2 is 1.61 bits per heavy atom. The van der Waals surface area contributed by atoms with Crippen molar-refractivity contribution in [2.24, 2.45) is 5.73 Å². The van der Waals surface area contributed by atoms with E-state index in [0.29, 0.717) is 6.42 Å². The maximum absolute atomic E-state index is 11.8. The number of hydrogen-bond acceptors (Lipinski definition) is 5. The van der Waals surface area contributed by atoms with Gasteiger partial charge in [0.15, 0.2) is 0 Å². The highest BCUT2D eigenvalue weighted by Gasteiger charge is 2.38. The van der Waals surface area contributed by atoms with E-state index in [-0.39, 0.29) is 30.8 Å². The van der Waals surface area contributed by atoms with E-state index in [0.717, 1.165) is 10.5 Å². The van der Waals surface area contributed by atoms with Crippen LogP contribution in [0.4, 0.5) is 13.2 Å². The van der Waals surface area contributed by atoms with E-state index in [9.17, 15) is 27.6 Å². The summed E-state index contributed by atoms with van der Waals surface area (Å²) in [4.78, 5) is 44.4. The molecule has 3 amide bonds. The lowest BCUT2D eigenvalue weighted by Crippen LogP contribution is -2.45. The molecule has 1 aromatic rings. The summed E-state index contributed by atoms with van der Waals surface area (Å²) in [5.41, 5.74) is 6.81. The fraction of sp³-hybridized carbons (Fsp3) is 0.294. The Morgan fingerprint density at radius 3 is 2.07 bits per heavy atom. The standard InChI is InChI=1S/C15H17N3O3.C2HF3O2/c16-12(10-11-4-2-1-3-5-11)15(21)17-8-9-18-13(19)6-7-14(18)20;3-2(4,5)1(6)7/h1-7,12H,8-10,16H2,(H,17,21);(H,6,7)/t12-;/m0./s1. The van der Waals surface area contributed by atoms with Crippen LogP contribution in [0.2, 0.25) is 0 Å². The number of carbonyl (C=O) groups is 4. The first-order valence-corrected chi connectivity index (χ1v) is 7.93. The second-order valence-electron chi connectivity index (χ2n) is 5.55. The van der Waals surface area contributed by atoms with Crippen molar-refractivity contribution in [3.05, 3.63) is 48.0 Å². The number of carbonyl (C=O) groups excluding carboxylic acids is 3. The zero-order valence-corrected chi connectivity index (χ0v) is 14.5. The molecule has 11 heteroatoms. The minimum Gasteiger partial charge on any atom is -0.475 e. The third-order valence-electron chi connectivity index (χ3n) is 3.41. The average Bonchev–Trinajstić information content (AvgIpc) is 2.94. The van der Waals surface area contributed by atoms with Gasteiger partial charge in [-0.2, -0.15) is 13.2 Å². The first-order valence-electron chi connectivity index (χ1n) is 7.93. The minimum absolute atomic E-state index is 0.147. The second kappa shape index (κ2) is 10.2. The third kappa shape index (κ3) is 7.58. The van der Waals surface area contributed by atoms with Crippen molar-refractivity contribution in [3.63, 3.8) is 0 Å². The Hall–Kier alpha value is -3.21. The van der Waals surface area contributed by atoms with E-state index >= 15 is 0 Å². The zero-order chi connectivity index (χ0) is 21.3. The van der Waals surface area contributed by atoms with Crippen LogP contribution in [0.1, 0.15) is 5.56 Å². The number of nitrogens with zero attached hydrogens (tertiary/aromatic N) is 1. The largest absolute Gasteiger partial charge is 0.490 e. The summed E-state index contributed by atoms with van der Waals surface area (Å²) >= 11 is 0. The SMILES string of the molecule is N[C@@H](Cc1ccccc1)C(=O)NCCN1C(=O)C=CC1=O.O=C(O)C(F)(F)F. The van der Waals surface area contributed by atoms with Gasteiger partial charge in [-0.1, -0.05) is 30.3 Å². The topological polar surface area (TPSA) is 130 Å². The molecular formula is C17H18F3N3O5. The fourth-order valence-corrected chi connectivity index (χ4v) is 2.03. The normalized spacial score (nSPS) is 14.4. The van der Waals surface area contributed by atoms with Crippen LogP contribution < -0.4 is 11.1 Å². The average molecular weight is 401 g/mol. The van der Waals surface area contributed by atoms with Crippen molar-refractivity contribution >= 4 is 23.7 Å². The molecule has 0 aliphatic carbocycles. The highest BCUT2D eigenvalue weighted by molar-refractivity contribution is 6.12. The fourth-order valence-electron chi connectivity index (χ4n) is 2.03. The van der Waals surface area contributed by atoms with Crippen molar-refractivity contribution in [1.29, 1.82) is 0 Å². The van der Waals surface area contributed by atoms with Crippen molar-refractivity contribution < 1.29 is 37.5 Å². The molecule has 0 radical (unpaired) electrons. The molecule has 0 unspecified atom stereocenters. The summed E-state index contributed by atoms with van der Waals surface area (Å²) < 4.78 is 31.7. The first kappa shape index (κ1) is 22.8. The van der Waals surface area contributed by atoms with Gasteiger partial charge >= 0.3 is 12.1 Å². The number of nitrogens with two attached hydrogens (primary N) is 1. The lowest BCUT2D eigenvalue weighted by Gasteiger charge is -2.16. The Labute approximate surface area is 157 Å². The summed E-state index contributed by atoms with van der Waals surface area (Å²) in [6.07, 6.45) is -2.22. The quantitative estimate of drug-likeness (QED) is 0.585. The van der Waals surface area contributed by atoms with Crippen LogP contribution in [0.15, 0.2) is 42.5 Å². The highest BCUT2D eigenvalue weighted by Crippen LogP contribution is 2.13. The lowest BCUT2D eigenvalue weighted by atomic mass is 10.1. The Balaban J connectivity index is 0.000000480. The minimum atomic E-state index is -5.08. The van der Waals surface area contributed by atoms with Crippen molar-refractivity contribution in [1.82, 2.24) is 10.2 Å². The number of nitrogens with one attached hydrogen (secondary N) is 1. The van der Waals surface area contributed by atoms with Gasteiger partial charge in [0, 0.05) is 25.2 Å². The number of rotatable bonds is 6. The van der Waals surface area contributed by atoms with Gasteiger partial charge in [-0.05, 0) is 12.0 Å². The van der Waals surface area contributed by atoms with E-state index in [1.807, 2.05) is 30.3 Å². The van der Waals surface area contributed by atoms with Crippen molar-refractivity contribution in [3.8, 4) is 0 Å². The van der Waals surface area contributed by atoms with Crippen LogP contribution in [-0.2, 0) is 25.6 Å². The van der Waals surface area contributed by atoms with Crippen LogP contribution in [-0.4, -0.2) is 59.0 Å². The van der Waals surface area contributed by atoms with Gasteiger partial charge in [0.05, 0.1) is 6.04 Å². The van der Waals surface area contributed by atoms with E-state index in [1.54, 1.807) is 0 Å². The molecule has 0 saturated heterocycles. The molecule has 152 valence electrons. The summed E-state index contributed by atoms with van der Waals surface area (Å²) in [5.74, 6) is -3.77. The number of aliphatic carboxylic acids is 1. The molecule has 0 aromatic heterocycles. The van der Waals surface area contributed by atoms with Crippen LogP contribution in [0.25, 0.3) is 0 Å². The van der Waals surface area contributed by atoms with Gasteiger partial charge in [-0.25, -0.2) is 4.79 Å². The highest BCUT2D eigenvalue weighted by atomic mass is 19.4. The summed E-state index contributed by atoms with van der Waals surface area (Å²) in [5, 5.41) is 9.76. The van der Waals surface area contributed by atoms with Crippen LogP contribution in [0, 0.1) is 0 Å². The third-order valence-corrected chi connectivity index (χ3v) is 3.41. The monoisotopic (exact) mass is 401 g/mol. The van der Waals surface area contributed by atoms with E-state index in [4.69, 9.17) is 15.6 Å². The molecule has 1 heterocycles. The summed E-state index contributed by atoms with van der Waals surface area (Å²) in [6, 6.07) is 8.82. The second-order valence-corrected chi connectivity index (χ2v) is 5.55. The first-order chi connectivity index (χ1) is 13.0. The van der Waals surface area contributed by atoms with Gasteiger partial charge in [-0.3, -0.25) is 19.3 Å². The number of alkyl halides is 3. The van der Waals surface area contributed by atoms with Crippen molar-refractivity contribution in [2.75, 3.05) is 13.1 Å². The Bertz CT molecular complexity index is 732. The molecule has 0 saturated carbocycles. The summed E-state index contributed by atoms with van der Waals surface area (Å²) in [7, 11) is 0. The molecule has 28 heavy (non-hydrogen) atoms. The molecule has 1 aromatic carbocycles. The number of hydrogen-bond donors (Lipinski definition) is 3. The molecule has 4 N–H and O–H groups in total. The predicted octanol–water partition coefficient (Wildman–Crippen LogP) is 0.231. The molecule has 0 fully saturated rings. The Kier molecular flexibility index (Phi) is 8.32. The summed E-state index contributed by atoms with van der Waals surface area (Å²) in [6.45, 7) is 0.342. The molecule has 0 bridgehead atoms. The van der Waals surface area contributed by atoms with Gasteiger partial charge in [-0.15, -0.1) is 0 Å². The molecule has 1 aliphatic heterocycles. The maximum Gasteiger partial charge on any atom is 0.490 e. The number of amides is 3. The smallest absolute Gasteiger partial charge is 0.475 e. The van der Waals surface area contributed by atoms with E-state index in [2.05, 4.69) is 5.32 Å². The predicted molar refractivity (Wildman–Crippen MR) is 90.7 cm³/mol. The number of carboxylic acids is 1. The molecule has 8 nitrogen and oxygen atoms in total. The number of benzene rings is 1. The Morgan fingerprint density at radius 1 is 1.11 bits per heavy atom. The van der Waals surface area contributed by atoms with E-state index in [1.165, 1.54) is 12.2 Å². The number of halogens is 3. The van der Waals surface area contributed by atoms with Gasteiger partial charge in [0.1, 0.15) is 0 Å². The van der Waals surface area contributed by atoms with Crippen LogP contribution in [0.3, 0.4) is 0 Å². The molecule has 1 atom stereocenters. The van der Waals surface area contributed by atoms with Gasteiger partial charge < -0.3 is 16.2 Å². The zero-order valence-electron chi connectivity index (χ0n) is 14.5. The van der Waals surface area contributed by atoms with Crippen LogP contribution in [0.5, 0.6) is 0 Å². The van der Waals surface area contributed by atoms with E-state index < -0.39 is 18.2 Å². The maximum atomic E-state index is 11.8. The number of carboxylic acid groups (broad SMARTS) is 1. The molecule has 2 rings (SSSR count). The van der Waals surface area contributed by atoms with Crippen LogP contribution >= 0.6 is 0 Å². The molecular weight excluding hydrogens is 383 g/mol. The molecule has 0 spiro atoms. The lowest BCUT2D eigenvalue weighted by molar-refractivity contribution is -0.192. The van der Waals surface area contributed by atoms with Gasteiger partial charge in [0.2, 0.25) is 5.91 Å². The molecule has 1 aliphatic rings. The number of imide groups is 1. The van der Waals surface area contributed by atoms with Crippen molar-refractivity contribution in [2.45, 2.75) is 18.6 Å².